The number of pyridine rings is 1. The van der Waals surface area contributed by atoms with Crippen LogP contribution in [-0.2, 0) is 17.7 Å². The number of aryl methyl sites for hydroxylation is 1. The molecule has 0 atom stereocenters. The molecule has 1 aliphatic rings. The quantitative estimate of drug-likeness (QED) is 0.630. The molecule has 0 bridgehead atoms. The minimum Gasteiger partial charge on any atom is -0.487 e. The van der Waals surface area contributed by atoms with Crippen LogP contribution in [0.3, 0.4) is 0 Å². The lowest BCUT2D eigenvalue weighted by Crippen LogP contribution is -2.29. The third kappa shape index (κ3) is 5.81. The Balaban J connectivity index is 1.49. The van der Waals surface area contributed by atoms with Gasteiger partial charge in [-0.05, 0) is 43.1 Å². The fraction of sp³-hybridized carbons (Fsp3) is 0.320. The van der Waals surface area contributed by atoms with Gasteiger partial charge in [-0.15, -0.1) is 0 Å². The Bertz CT molecular complexity index is 917. The van der Waals surface area contributed by atoms with E-state index in [-0.39, 0.29) is 0 Å². The molecule has 1 aromatic heterocycles. The number of aromatic nitrogens is 1. The van der Waals surface area contributed by atoms with Crippen LogP contribution in [0.4, 0.5) is 0 Å². The SMILES string of the molecule is c1ccc(CCCN2CCOCCOc3ccccc3Oc3ncccc3C2)cc1. The van der Waals surface area contributed by atoms with E-state index in [1.165, 1.54) is 5.56 Å². The normalized spacial score (nSPS) is 15.3. The highest BCUT2D eigenvalue weighted by atomic mass is 16.5. The second kappa shape index (κ2) is 10.8. The molecule has 4 rings (SSSR count). The van der Waals surface area contributed by atoms with Crippen molar-refractivity contribution in [3.8, 4) is 17.4 Å². The first-order chi connectivity index (χ1) is 14.9. The maximum absolute atomic E-state index is 6.17. The molecule has 3 aromatic rings. The number of ether oxygens (including phenoxy) is 3. The van der Waals surface area contributed by atoms with Gasteiger partial charge >= 0.3 is 0 Å². The summed E-state index contributed by atoms with van der Waals surface area (Å²) in [6.07, 6.45) is 3.92. The second-order valence-electron chi connectivity index (χ2n) is 7.34. The summed E-state index contributed by atoms with van der Waals surface area (Å²) in [5.74, 6) is 2.01. The van der Waals surface area contributed by atoms with Crippen LogP contribution in [0.1, 0.15) is 17.5 Å². The average molecular weight is 405 g/mol. The Morgan fingerprint density at radius 2 is 1.67 bits per heavy atom. The van der Waals surface area contributed by atoms with Gasteiger partial charge in [-0.1, -0.05) is 48.5 Å². The lowest BCUT2D eigenvalue weighted by Gasteiger charge is -2.23. The third-order valence-electron chi connectivity index (χ3n) is 5.12. The summed E-state index contributed by atoms with van der Waals surface area (Å²) in [6, 6.07) is 22.4. The van der Waals surface area contributed by atoms with E-state index in [1.54, 1.807) is 6.20 Å². The molecule has 0 radical (unpaired) electrons. The predicted octanol–water partition coefficient (Wildman–Crippen LogP) is 4.72. The second-order valence-corrected chi connectivity index (χ2v) is 7.34. The van der Waals surface area contributed by atoms with Crippen molar-refractivity contribution < 1.29 is 14.2 Å². The van der Waals surface area contributed by atoms with Gasteiger partial charge < -0.3 is 14.2 Å². The summed E-state index contributed by atoms with van der Waals surface area (Å²) >= 11 is 0. The Hall–Kier alpha value is -2.89. The molecule has 0 fully saturated rings. The standard InChI is InChI=1S/C25H28N2O3/c1-2-8-21(9-3-1)10-7-15-27-16-17-28-18-19-29-23-12-4-5-13-24(23)30-25-22(20-27)11-6-14-26-25/h1-6,8-9,11-14H,7,10,15-20H2. The molecule has 5 heteroatoms. The summed E-state index contributed by atoms with van der Waals surface area (Å²) in [7, 11) is 0. The molecule has 0 amide bonds. The first-order valence-corrected chi connectivity index (χ1v) is 10.6. The number of hydrogen-bond donors (Lipinski definition) is 0. The molecule has 30 heavy (non-hydrogen) atoms. The number of benzene rings is 2. The van der Waals surface area contributed by atoms with Crippen LogP contribution >= 0.6 is 0 Å². The van der Waals surface area contributed by atoms with Crippen LogP contribution in [0.25, 0.3) is 0 Å². The summed E-state index contributed by atoms with van der Waals surface area (Å²) in [5.41, 5.74) is 2.44. The Labute approximate surface area is 178 Å². The molecule has 5 nitrogen and oxygen atoms in total. The molecule has 2 aromatic carbocycles. The number of fused-ring (bicyclic) bond motifs is 2. The first-order valence-electron chi connectivity index (χ1n) is 10.6. The van der Waals surface area contributed by atoms with Gasteiger partial charge in [0, 0.05) is 24.8 Å². The van der Waals surface area contributed by atoms with Crippen molar-refractivity contribution in [1.29, 1.82) is 0 Å². The van der Waals surface area contributed by atoms with E-state index in [9.17, 15) is 0 Å². The van der Waals surface area contributed by atoms with Gasteiger partial charge in [0.25, 0.3) is 0 Å². The van der Waals surface area contributed by atoms with Crippen LogP contribution in [-0.4, -0.2) is 42.8 Å². The maximum atomic E-state index is 6.17. The summed E-state index contributed by atoms with van der Waals surface area (Å²) < 4.78 is 17.9. The lowest BCUT2D eigenvalue weighted by atomic mass is 10.1. The van der Waals surface area contributed by atoms with Crippen LogP contribution in [0.2, 0.25) is 0 Å². The fourth-order valence-corrected chi connectivity index (χ4v) is 3.56. The van der Waals surface area contributed by atoms with Crippen LogP contribution in [0, 0.1) is 0 Å². The topological polar surface area (TPSA) is 43.8 Å². The van der Waals surface area contributed by atoms with Gasteiger partial charge in [-0.25, -0.2) is 4.98 Å². The van der Waals surface area contributed by atoms with Crippen molar-refractivity contribution in [1.82, 2.24) is 9.88 Å². The highest BCUT2D eigenvalue weighted by Gasteiger charge is 2.15. The highest BCUT2D eigenvalue weighted by Crippen LogP contribution is 2.32. The number of nitrogens with zero attached hydrogens (tertiary/aromatic N) is 2. The Morgan fingerprint density at radius 3 is 2.57 bits per heavy atom. The molecule has 0 saturated carbocycles. The minimum absolute atomic E-state index is 0.490. The highest BCUT2D eigenvalue weighted by molar-refractivity contribution is 5.42. The molecule has 1 aliphatic heterocycles. The van der Waals surface area contributed by atoms with E-state index < -0.39 is 0 Å². The minimum atomic E-state index is 0.490. The van der Waals surface area contributed by atoms with Gasteiger partial charge in [0.15, 0.2) is 11.5 Å². The number of rotatable bonds is 4. The van der Waals surface area contributed by atoms with Crippen molar-refractivity contribution >= 4 is 0 Å². The van der Waals surface area contributed by atoms with Gasteiger partial charge in [0.1, 0.15) is 6.61 Å². The molecule has 2 heterocycles. The number of para-hydroxylation sites is 2. The zero-order valence-electron chi connectivity index (χ0n) is 17.2. The molecule has 0 N–H and O–H groups in total. The van der Waals surface area contributed by atoms with Gasteiger partial charge in [0.05, 0.1) is 13.2 Å². The van der Waals surface area contributed by atoms with E-state index in [4.69, 9.17) is 14.2 Å². The van der Waals surface area contributed by atoms with E-state index >= 15 is 0 Å². The van der Waals surface area contributed by atoms with Crippen LogP contribution in [0.15, 0.2) is 72.9 Å². The molecule has 156 valence electrons. The van der Waals surface area contributed by atoms with Gasteiger partial charge in [-0.2, -0.15) is 0 Å². The molecule has 0 saturated heterocycles. The summed E-state index contributed by atoms with van der Waals surface area (Å²) in [6.45, 7) is 4.33. The monoisotopic (exact) mass is 404 g/mol. The van der Waals surface area contributed by atoms with Crippen molar-refractivity contribution in [2.75, 3.05) is 32.9 Å². The van der Waals surface area contributed by atoms with Gasteiger partial charge in [-0.3, -0.25) is 4.90 Å². The molecular weight excluding hydrogens is 376 g/mol. The van der Waals surface area contributed by atoms with Crippen molar-refractivity contribution in [2.45, 2.75) is 19.4 Å². The average Bonchev–Trinajstić information content (AvgIpc) is 2.80. The fourth-order valence-electron chi connectivity index (χ4n) is 3.56. The largest absolute Gasteiger partial charge is 0.487 e. The smallest absolute Gasteiger partial charge is 0.223 e. The van der Waals surface area contributed by atoms with E-state index in [0.29, 0.717) is 37.2 Å². The molecule has 0 spiro atoms. The predicted molar refractivity (Wildman–Crippen MR) is 117 cm³/mol. The summed E-state index contributed by atoms with van der Waals surface area (Å²) in [5, 5.41) is 0. The number of hydrogen-bond acceptors (Lipinski definition) is 5. The Morgan fingerprint density at radius 1 is 0.833 bits per heavy atom. The van der Waals surface area contributed by atoms with E-state index in [0.717, 1.165) is 38.0 Å². The van der Waals surface area contributed by atoms with Crippen molar-refractivity contribution in [3.05, 3.63) is 84.1 Å². The van der Waals surface area contributed by atoms with Crippen LogP contribution in [0.5, 0.6) is 17.4 Å². The zero-order chi connectivity index (χ0) is 20.4. The van der Waals surface area contributed by atoms with Crippen molar-refractivity contribution in [2.24, 2.45) is 0 Å². The lowest BCUT2D eigenvalue weighted by molar-refractivity contribution is 0.0777. The molecule has 0 unspecified atom stereocenters. The van der Waals surface area contributed by atoms with Gasteiger partial charge in [0.2, 0.25) is 5.88 Å². The zero-order valence-corrected chi connectivity index (χ0v) is 17.2. The van der Waals surface area contributed by atoms with Crippen molar-refractivity contribution in [3.63, 3.8) is 0 Å². The maximum Gasteiger partial charge on any atom is 0.223 e. The molecule has 0 aliphatic carbocycles. The molecular formula is C25H28N2O3. The summed E-state index contributed by atoms with van der Waals surface area (Å²) in [4.78, 5) is 6.91. The third-order valence-corrected chi connectivity index (χ3v) is 5.12. The van der Waals surface area contributed by atoms with E-state index in [2.05, 4.69) is 46.3 Å². The Kier molecular flexibility index (Phi) is 7.31. The van der Waals surface area contributed by atoms with Crippen LogP contribution < -0.4 is 9.47 Å². The first kappa shape index (κ1) is 20.4. The van der Waals surface area contributed by atoms with E-state index in [1.807, 2.05) is 30.3 Å².